The molecule has 1 heterocycles. The molecule has 1 aromatic carbocycles. The number of alkyl halides is 3. The van der Waals surface area contributed by atoms with Crippen LogP contribution in [0.3, 0.4) is 0 Å². The molecule has 0 atom stereocenters. The standard InChI is InChI=1S/C15H19F3N2O/c16-15(17,18)8-7-14(21)19-13-6-2-1-5-12(13)11-20-9-3-4-10-20/h1-2,5-6H,3-4,7-11H2,(H,19,21). The van der Waals surface area contributed by atoms with Crippen molar-refractivity contribution >= 4 is 11.6 Å². The van der Waals surface area contributed by atoms with Crippen LogP contribution in [0.4, 0.5) is 18.9 Å². The van der Waals surface area contributed by atoms with Gasteiger partial charge in [-0.3, -0.25) is 9.69 Å². The summed E-state index contributed by atoms with van der Waals surface area (Å²) >= 11 is 0. The van der Waals surface area contributed by atoms with Crippen molar-refractivity contribution in [1.82, 2.24) is 4.90 Å². The van der Waals surface area contributed by atoms with Crippen LogP contribution in [-0.4, -0.2) is 30.1 Å². The highest BCUT2D eigenvalue weighted by Gasteiger charge is 2.28. The molecule has 1 N–H and O–H groups in total. The first-order valence-electron chi connectivity index (χ1n) is 7.11. The molecule has 21 heavy (non-hydrogen) atoms. The van der Waals surface area contributed by atoms with Crippen LogP contribution < -0.4 is 5.32 Å². The second-order valence-electron chi connectivity index (χ2n) is 5.30. The number of likely N-dealkylation sites (tertiary alicyclic amines) is 1. The molecule has 0 unspecified atom stereocenters. The van der Waals surface area contributed by atoms with Gasteiger partial charge in [-0.2, -0.15) is 13.2 Å². The Morgan fingerprint density at radius 3 is 2.52 bits per heavy atom. The van der Waals surface area contributed by atoms with Gasteiger partial charge in [-0.25, -0.2) is 0 Å². The van der Waals surface area contributed by atoms with E-state index in [4.69, 9.17) is 0 Å². The second-order valence-corrected chi connectivity index (χ2v) is 5.30. The van der Waals surface area contributed by atoms with Crippen LogP contribution in [0.25, 0.3) is 0 Å². The van der Waals surface area contributed by atoms with Gasteiger partial charge in [-0.1, -0.05) is 18.2 Å². The molecule has 0 aromatic heterocycles. The minimum Gasteiger partial charge on any atom is -0.326 e. The van der Waals surface area contributed by atoms with Crippen LogP contribution in [0.5, 0.6) is 0 Å². The molecular formula is C15H19F3N2O. The molecule has 116 valence electrons. The van der Waals surface area contributed by atoms with Crippen LogP contribution in [-0.2, 0) is 11.3 Å². The molecule has 1 saturated heterocycles. The third kappa shape index (κ3) is 5.38. The number of anilines is 1. The molecule has 0 bridgehead atoms. The number of para-hydroxylation sites is 1. The molecule has 1 aliphatic rings. The quantitative estimate of drug-likeness (QED) is 0.901. The van der Waals surface area contributed by atoms with E-state index in [1.807, 2.05) is 12.1 Å². The van der Waals surface area contributed by atoms with Crippen molar-refractivity contribution in [1.29, 1.82) is 0 Å². The number of rotatable bonds is 5. The molecule has 1 amide bonds. The SMILES string of the molecule is O=C(CCC(F)(F)F)Nc1ccccc1CN1CCCC1. The highest BCUT2D eigenvalue weighted by atomic mass is 19.4. The number of nitrogens with one attached hydrogen (secondary N) is 1. The van der Waals surface area contributed by atoms with Crippen LogP contribution in [0.1, 0.15) is 31.2 Å². The lowest BCUT2D eigenvalue weighted by Crippen LogP contribution is -2.21. The molecule has 6 heteroatoms. The molecule has 3 nitrogen and oxygen atoms in total. The Balaban J connectivity index is 1.94. The summed E-state index contributed by atoms with van der Waals surface area (Å²) in [5.74, 6) is -0.596. The van der Waals surface area contributed by atoms with E-state index in [1.54, 1.807) is 12.1 Å². The number of nitrogens with zero attached hydrogens (tertiary/aromatic N) is 1. The average molecular weight is 300 g/mol. The first-order chi connectivity index (χ1) is 9.94. The van der Waals surface area contributed by atoms with E-state index in [0.29, 0.717) is 5.69 Å². The zero-order chi connectivity index (χ0) is 15.3. The topological polar surface area (TPSA) is 32.3 Å². The number of hydrogen-bond donors (Lipinski definition) is 1. The van der Waals surface area contributed by atoms with E-state index in [-0.39, 0.29) is 0 Å². The highest BCUT2D eigenvalue weighted by Crippen LogP contribution is 2.23. The van der Waals surface area contributed by atoms with E-state index in [9.17, 15) is 18.0 Å². The Morgan fingerprint density at radius 2 is 1.86 bits per heavy atom. The summed E-state index contributed by atoms with van der Waals surface area (Å²) in [4.78, 5) is 13.9. The van der Waals surface area contributed by atoms with Crippen LogP contribution >= 0.6 is 0 Å². The molecule has 2 rings (SSSR count). The monoisotopic (exact) mass is 300 g/mol. The summed E-state index contributed by atoms with van der Waals surface area (Å²) in [5.41, 5.74) is 1.55. The average Bonchev–Trinajstić information content (AvgIpc) is 2.91. The number of carbonyl (C=O) groups excluding carboxylic acids is 1. The predicted molar refractivity (Wildman–Crippen MR) is 74.9 cm³/mol. The number of carbonyl (C=O) groups is 1. The van der Waals surface area contributed by atoms with Crippen LogP contribution in [0.15, 0.2) is 24.3 Å². The van der Waals surface area contributed by atoms with Gasteiger partial charge in [0.05, 0.1) is 6.42 Å². The zero-order valence-corrected chi connectivity index (χ0v) is 11.7. The van der Waals surface area contributed by atoms with Gasteiger partial charge >= 0.3 is 6.18 Å². The van der Waals surface area contributed by atoms with E-state index in [1.165, 1.54) is 12.8 Å². The van der Waals surface area contributed by atoms with Gasteiger partial charge in [-0.15, -0.1) is 0 Å². The summed E-state index contributed by atoms with van der Waals surface area (Å²) in [7, 11) is 0. The Kier molecular flexibility index (Phi) is 5.22. The van der Waals surface area contributed by atoms with Crippen LogP contribution in [0, 0.1) is 0 Å². The molecule has 0 radical (unpaired) electrons. The fourth-order valence-corrected chi connectivity index (χ4v) is 2.43. The Labute approximate surface area is 122 Å². The second kappa shape index (κ2) is 6.93. The summed E-state index contributed by atoms with van der Waals surface area (Å²) in [6.45, 7) is 2.77. The highest BCUT2D eigenvalue weighted by molar-refractivity contribution is 5.91. The van der Waals surface area contributed by atoms with Gasteiger partial charge in [0.2, 0.25) is 5.91 Å². The van der Waals surface area contributed by atoms with Gasteiger partial charge in [-0.05, 0) is 37.6 Å². The van der Waals surface area contributed by atoms with E-state index in [2.05, 4.69) is 10.2 Å². The smallest absolute Gasteiger partial charge is 0.326 e. The summed E-state index contributed by atoms with van der Waals surface area (Å²) in [6.07, 6.45) is -3.60. The van der Waals surface area contributed by atoms with Gasteiger partial charge < -0.3 is 5.32 Å². The normalized spacial score (nSPS) is 16.1. The Hall–Kier alpha value is -1.56. The van der Waals surface area contributed by atoms with E-state index >= 15 is 0 Å². The van der Waals surface area contributed by atoms with Crippen molar-refractivity contribution in [3.05, 3.63) is 29.8 Å². The summed E-state index contributed by atoms with van der Waals surface area (Å²) in [6, 6.07) is 7.28. The van der Waals surface area contributed by atoms with Gasteiger partial charge in [0.25, 0.3) is 0 Å². The molecule has 0 aliphatic carbocycles. The minimum atomic E-state index is -4.30. The van der Waals surface area contributed by atoms with Crippen molar-refractivity contribution in [2.45, 2.75) is 38.4 Å². The lowest BCUT2D eigenvalue weighted by molar-refractivity contribution is -0.142. The maximum Gasteiger partial charge on any atom is 0.389 e. The van der Waals surface area contributed by atoms with Crippen molar-refractivity contribution in [2.75, 3.05) is 18.4 Å². The molecular weight excluding hydrogens is 281 g/mol. The van der Waals surface area contributed by atoms with Crippen molar-refractivity contribution in [3.63, 3.8) is 0 Å². The Morgan fingerprint density at radius 1 is 1.19 bits per heavy atom. The lowest BCUT2D eigenvalue weighted by Gasteiger charge is -2.18. The van der Waals surface area contributed by atoms with Gasteiger partial charge in [0, 0.05) is 18.7 Å². The van der Waals surface area contributed by atoms with Crippen LogP contribution in [0.2, 0.25) is 0 Å². The van der Waals surface area contributed by atoms with Gasteiger partial charge in [0.15, 0.2) is 0 Å². The zero-order valence-electron chi connectivity index (χ0n) is 11.7. The number of halogens is 3. The molecule has 1 aromatic rings. The third-order valence-electron chi connectivity index (χ3n) is 3.52. The van der Waals surface area contributed by atoms with E-state index < -0.39 is 24.9 Å². The van der Waals surface area contributed by atoms with Crippen molar-refractivity contribution < 1.29 is 18.0 Å². The fourth-order valence-electron chi connectivity index (χ4n) is 2.43. The number of hydrogen-bond acceptors (Lipinski definition) is 2. The van der Waals surface area contributed by atoms with E-state index in [0.717, 1.165) is 25.2 Å². The maximum absolute atomic E-state index is 12.1. The largest absolute Gasteiger partial charge is 0.389 e. The van der Waals surface area contributed by atoms with Gasteiger partial charge in [0.1, 0.15) is 0 Å². The summed E-state index contributed by atoms with van der Waals surface area (Å²) in [5, 5.41) is 2.59. The molecule has 1 aliphatic heterocycles. The third-order valence-corrected chi connectivity index (χ3v) is 3.52. The number of benzene rings is 1. The Bertz CT molecular complexity index is 482. The first kappa shape index (κ1) is 15.8. The number of amides is 1. The lowest BCUT2D eigenvalue weighted by atomic mass is 10.1. The maximum atomic E-state index is 12.1. The molecule has 0 spiro atoms. The molecule has 1 fully saturated rings. The first-order valence-corrected chi connectivity index (χ1v) is 7.11. The fraction of sp³-hybridized carbons (Fsp3) is 0.533. The predicted octanol–water partition coefficient (Wildman–Crippen LogP) is 3.56. The van der Waals surface area contributed by atoms with Crippen molar-refractivity contribution in [2.24, 2.45) is 0 Å². The summed E-state index contributed by atoms with van der Waals surface area (Å²) < 4.78 is 36.4. The molecule has 0 saturated carbocycles. The van der Waals surface area contributed by atoms with Crippen molar-refractivity contribution in [3.8, 4) is 0 Å². The minimum absolute atomic E-state index is 0.540.